The highest BCUT2D eigenvalue weighted by Crippen LogP contribution is 2.35. The van der Waals surface area contributed by atoms with Crippen LogP contribution >= 0.6 is 0 Å². The summed E-state index contributed by atoms with van der Waals surface area (Å²) in [6.45, 7) is 1.48. The number of aromatic nitrogens is 4. The maximum absolute atomic E-state index is 14.5. The molecule has 2 aliphatic rings. The first kappa shape index (κ1) is 41.2. The molecule has 8 N–H and O–H groups in total. The van der Waals surface area contributed by atoms with Gasteiger partial charge in [-0.25, -0.2) is 4.39 Å². The Balaban J connectivity index is 0.000000197. The van der Waals surface area contributed by atoms with Crippen molar-refractivity contribution in [3.63, 3.8) is 0 Å². The number of aromatic amines is 1. The Morgan fingerprint density at radius 1 is 0.951 bits per heavy atom. The third-order valence-corrected chi connectivity index (χ3v) is 10.1. The molecular weight excluding hydrogens is 794 g/mol. The van der Waals surface area contributed by atoms with E-state index in [-0.39, 0.29) is 52.6 Å². The maximum Gasteiger partial charge on any atom is 0.262 e. The minimum absolute atomic E-state index is 0.0216. The van der Waals surface area contributed by atoms with Crippen LogP contribution in [0.5, 0.6) is 5.75 Å². The van der Waals surface area contributed by atoms with Gasteiger partial charge in [-0.3, -0.25) is 48.3 Å². The molecule has 0 saturated carbocycles. The van der Waals surface area contributed by atoms with Crippen molar-refractivity contribution in [3.05, 3.63) is 101 Å². The minimum atomic E-state index is -1.13. The number of benzene rings is 3. The number of H-pyrrole nitrogens is 1. The van der Waals surface area contributed by atoms with E-state index in [1.807, 2.05) is 12.1 Å². The number of carbonyl (C=O) groups is 7. The summed E-state index contributed by atoms with van der Waals surface area (Å²) in [4.78, 5) is 97.9. The van der Waals surface area contributed by atoms with Crippen molar-refractivity contribution in [2.75, 3.05) is 31.8 Å². The molecular formula is C41H38FN11O8. The van der Waals surface area contributed by atoms with E-state index in [9.17, 15) is 38.0 Å². The van der Waals surface area contributed by atoms with E-state index < -0.39 is 53.3 Å². The summed E-state index contributed by atoms with van der Waals surface area (Å²) in [5, 5.41) is 14.7. The quantitative estimate of drug-likeness (QED) is 0.103. The number of hydrogen-bond acceptors (Lipinski definition) is 13. The Kier molecular flexibility index (Phi) is 11.3. The van der Waals surface area contributed by atoms with Crippen LogP contribution in [0.4, 0.5) is 27.5 Å². The van der Waals surface area contributed by atoms with Crippen LogP contribution in [0, 0.1) is 5.82 Å². The summed E-state index contributed by atoms with van der Waals surface area (Å²) >= 11 is 0. The van der Waals surface area contributed by atoms with Gasteiger partial charge in [0.05, 0.1) is 46.1 Å². The van der Waals surface area contributed by atoms with Crippen LogP contribution in [-0.4, -0.2) is 93.0 Å². The van der Waals surface area contributed by atoms with Crippen molar-refractivity contribution in [1.29, 1.82) is 0 Å². The fourth-order valence-corrected chi connectivity index (χ4v) is 7.12. The van der Waals surface area contributed by atoms with E-state index in [1.165, 1.54) is 55.9 Å². The molecule has 0 radical (unpaired) electrons. The molecule has 8 rings (SSSR count). The van der Waals surface area contributed by atoms with E-state index in [0.717, 1.165) is 10.3 Å². The molecule has 0 aliphatic carbocycles. The van der Waals surface area contributed by atoms with Gasteiger partial charge in [0.15, 0.2) is 0 Å². The van der Waals surface area contributed by atoms with Crippen LogP contribution in [0.25, 0.3) is 21.9 Å². The Morgan fingerprint density at radius 2 is 1.72 bits per heavy atom. The maximum atomic E-state index is 14.5. The van der Waals surface area contributed by atoms with Gasteiger partial charge in [0.1, 0.15) is 35.1 Å². The van der Waals surface area contributed by atoms with E-state index in [0.29, 0.717) is 33.8 Å². The number of rotatable bonds is 9. The summed E-state index contributed by atoms with van der Waals surface area (Å²) in [7, 11) is 4.39. The first-order chi connectivity index (χ1) is 29.3. The fourth-order valence-electron chi connectivity index (χ4n) is 7.12. The normalized spacial score (nSPS) is 15.1. The predicted molar refractivity (Wildman–Crippen MR) is 219 cm³/mol. The number of imide groups is 2. The third kappa shape index (κ3) is 7.69. The van der Waals surface area contributed by atoms with Gasteiger partial charge in [-0.2, -0.15) is 9.97 Å². The molecule has 1 saturated heterocycles. The summed E-state index contributed by atoms with van der Waals surface area (Å²) in [6, 6.07) is 13.8. The smallest absolute Gasteiger partial charge is 0.262 e. The lowest BCUT2D eigenvalue weighted by molar-refractivity contribution is -0.136. The summed E-state index contributed by atoms with van der Waals surface area (Å²) in [5.41, 5.74) is 8.07. The average molecular weight is 832 g/mol. The van der Waals surface area contributed by atoms with Crippen molar-refractivity contribution in [2.45, 2.75) is 31.8 Å². The molecule has 2 aliphatic heterocycles. The molecule has 2 unspecified atom stereocenters. The van der Waals surface area contributed by atoms with E-state index in [2.05, 4.69) is 41.5 Å². The number of anilines is 4. The van der Waals surface area contributed by atoms with Crippen LogP contribution < -0.4 is 37.1 Å². The predicted octanol–water partition coefficient (Wildman–Crippen LogP) is 3.40. The SMILES string of the molecule is CNC(=O)C(N)c1cccc2c1C(=O)N(C1CCC(=O)NC1=O)C2=O.CNC(=O)c1c(F)cccc1Nc1nc(Nc2cc3c(ccn3C(C)=O)cc2OC)nc2[nH]ccc12. The number of nitrogens with one attached hydrogen (secondary N) is 6. The number of likely N-dealkylation sites (N-methyl/N-ethyl adjacent to an activating group) is 1. The largest absolute Gasteiger partial charge is 0.495 e. The number of amides is 6. The number of fused-ring (bicyclic) bond motifs is 3. The van der Waals surface area contributed by atoms with Crippen molar-refractivity contribution in [2.24, 2.45) is 5.73 Å². The number of nitrogens with two attached hydrogens (primary N) is 1. The average Bonchev–Trinajstić information content (AvgIpc) is 3.96. The lowest BCUT2D eigenvalue weighted by atomic mass is 9.97. The second kappa shape index (κ2) is 16.7. The zero-order valence-electron chi connectivity index (χ0n) is 33.0. The van der Waals surface area contributed by atoms with E-state index >= 15 is 0 Å². The molecule has 6 amide bonds. The van der Waals surface area contributed by atoms with Crippen LogP contribution in [0.3, 0.4) is 0 Å². The zero-order valence-corrected chi connectivity index (χ0v) is 33.0. The van der Waals surface area contributed by atoms with Crippen molar-refractivity contribution >= 4 is 86.4 Å². The van der Waals surface area contributed by atoms with Gasteiger partial charge >= 0.3 is 0 Å². The second-order valence-electron chi connectivity index (χ2n) is 13.8. The topological polar surface area (TPSA) is 265 Å². The summed E-state index contributed by atoms with van der Waals surface area (Å²) in [6.07, 6.45) is 3.50. The molecule has 19 nitrogen and oxygen atoms in total. The van der Waals surface area contributed by atoms with Gasteiger partial charge in [-0.1, -0.05) is 18.2 Å². The fraction of sp³-hybridized carbons (Fsp3) is 0.195. The summed E-state index contributed by atoms with van der Waals surface area (Å²) < 4.78 is 21.6. The number of carbonyl (C=O) groups excluding carboxylic acids is 7. The molecule has 2 atom stereocenters. The standard InChI is InChI=1S/C25H22FN7O3.C16H16N4O5/c1-13(34)33-10-8-14-11-20(36-3)18(12-19(14)33)30-25-31-22-15(7-9-28-22)23(32-25)29-17-6-4-5-16(26)21(17)24(35)27-2;1-18-14(23)12(17)7-3-2-4-8-11(7)16(25)20(15(8)24)9-5-6-10(21)19-13(9)22/h4-12H,1-3H3,(H,27,35)(H3,28,29,30,31,32);2-4,9,12H,5-6,17H2,1H3,(H,18,23)(H,19,21,22). The first-order valence-electron chi connectivity index (χ1n) is 18.7. The lowest BCUT2D eigenvalue weighted by Gasteiger charge is -2.27. The van der Waals surface area contributed by atoms with E-state index in [4.69, 9.17) is 10.5 Å². The number of methoxy groups -OCH3 is 1. The van der Waals surface area contributed by atoms with Crippen LogP contribution in [-0.2, 0) is 14.4 Å². The van der Waals surface area contributed by atoms with E-state index in [1.54, 1.807) is 37.7 Å². The van der Waals surface area contributed by atoms with Gasteiger partial charge in [0, 0.05) is 45.2 Å². The molecule has 0 bridgehead atoms. The van der Waals surface area contributed by atoms with Gasteiger partial charge in [-0.05, 0) is 54.4 Å². The van der Waals surface area contributed by atoms with Gasteiger partial charge < -0.3 is 36.7 Å². The number of hydrogen-bond donors (Lipinski definition) is 7. The number of nitrogens with zero attached hydrogens (tertiary/aromatic N) is 4. The monoisotopic (exact) mass is 831 g/mol. The molecule has 3 aromatic carbocycles. The summed E-state index contributed by atoms with van der Waals surface area (Å²) in [5.74, 6) is -3.24. The molecule has 3 aromatic heterocycles. The third-order valence-electron chi connectivity index (χ3n) is 10.1. The Hall–Kier alpha value is -8.00. The lowest BCUT2D eigenvalue weighted by Crippen LogP contribution is -2.54. The second-order valence-corrected chi connectivity index (χ2v) is 13.8. The number of halogens is 1. The molecule has 6 aromatic rings. The van der Waals surface area contributed by atoms with Crippen LogP contribution in [0.15, 0.2) is 73.1 Å². The van der Waals surface area contributed by atoms with Crippen molar-refractivity contribution in [3.8, 4) is 5.75 Å². The molecule has 312 valence electrons. The van der Waals surface area contributed by atoms with Gasteiger partial charge in [0.25, 0.3) is 17.7 Å². The van der Waals surface area contributed by atoms with Crippen molar-refractivity contribution in [1.82, 2.24) is 40.4 Å². The van der Waals surface area contributed by atoms with Crippen LogP contribution in [0.2, 0.25) is 0 Å². The van der Waals surface area contributed by atoms with Crippen molar-refractivity contribution < 1.29 is 42.7 Å². The number of ether oxygens (including phenoxy) is 1. The van der Waals surface area contributed by atoms with Gasteiger partial charge in [-0.15, -0.1) is 0 Å². The molecule has 0 spiro atoms. The number of piperidine rings is 1. The Labute approximate surface area is 345 Å². The Bertz CT molecular complexity index is 2820. The molecule has 61 heavy (non-hydrogen) atoms. The molecule has 20 heteroatoms. The molecule has 5 heterocycles. The minimum Gasteiger partial charge on any atom is -0.495 e. The Morgan fingerprint density at radius 3 is 2.43 bits per heavy atom. The van der Waals surface area contributed by atoms with Crippen LogP contribution in [0.1, 0.15) is 67.2 Å². The first-order valence-corrected chi connectivity index (χ1v) is 18.7. The highest BCUT2D eigenvalue weighted by Gasteiger charge is 2.46. The zero-order chi connectivity index (χ0) is 43.7. The van der Waals surface area contributed by atoms with Gasteiger partial charge in [0.2, 0.25) is 29.6 Å². The highest BCUT2D eigenvalue weighted by atomic mass is 19.1. The highest BCUT2D eigenvalue weighted by molar-refractivity contribution is 6.24. The molecule has 1 fully saturated rings.